The number of aromatic nitrogens is 1. The first-order valence-electron chi connectivity index (χ1n) is 7.04. The molecule has 1 aromatic carbocycles. The Balaban J connectivity index is 1.75. The standard InChI is InChI=1S/C19H15NS/c1-14-5-7-15(8-6-14)18-9-10-19(21-18)16-12-17-4-2-3-11-20(17)13-16/h2-13H,1H3. The summed E-state index contributed by atoms with van der Waals surface area (Å²) in [4.78, 5) is 2.63. The lowest BCUT2D eigenvalue weighted by molar-refractivity contribution is 1.20. The third kappa shape index (κ3) is 2.28. The van der Waals surface area contributed by atoms with Gasteiger partial charge in [0.2, 0.25) is 0 Å². The molecular formula is C19H15NS. The Bertz CT molecular complexity index is 864. The summed E-state index contributed by atoms with van der Waals surface area (Å²) in [6.07, 6.45) is 4.29. The highest BCUT2D eigenvalue weighted by Gasteiger charge is 2.07. The van der Waals surface area contributed by atoms with Gasteiger partial charge in [0.25, 0.3) is 0 Å². The Morgan fingerprint density at radius 2 is 1.57 bits per heavy atom. The van der Waals surface area contributed by atoms with Crippen LogP contribution in [0.15, 0.2) is 73.1 Å². The molecule has 0 aliphatic carbocycles. The minimum atomic E-state index is 1.23. The molecule has 4 rings (SSSR count). The zero-order valence-corrected chi connectivity index (χ0v) is 12.6. The van der Waals surface area contributed by atoms with Crippen LogP contribution in [-0.4, -0.2) is 4.40 Å². The molecule has 0 fully saturated rings. The van der Waals surface area contributed by atoms with Crippen LogP contribution in [0, 0.1) is 6.92 Å². The van der Waals surface area contributed by atoms with Crippen molar-refractivity contribution in [2.75, 3.05) is 0 Å². The molecule has 0 N–H and O–H groups in total. The normalized spacial score (nSPS) is 11.1. The molecule has 1 nitrogen and oxygen atoms in total. The average molecular weight is 289 g/mol. The fourth-order valence-electron chi connectivity index (χ4n) is 2.56. The zero-order valence-electron chi connectivity index (χ0n) is 11.8. The van der Waals surface area contributed by atoms with Gasteiger partial charge in [0.05, 0.1) is 0 Å². The highest BCUT2D eigenvalue weighted by molar-refractivity contribution is 7.18. The van der Waals surface area contributed by atoms with Crippen LogP contribution in [0.2, 0.25) is 0 Å². The van der Waals surface area contributed by atoms with Gasteiger partial charge in [-0.1, -0.05) is 35.9 Å². The van der Waals surface area contributed by atoms with Crippen molar-refractivity contribution >= 4 is 16.9 Å². The summed E-state index contributed by atoms with van der Waals surface area (Å²) in [5.74, 6) is 0. The van der Waals surface area contributed by atoms with E-state index in [1.807, 2.05) is 11.3 Å². The van der Waals surface area contributed by atoms with Crippen LogP contribution in [0.3, 0.4) is 0 Å². The molecule has 0 amide bonds. The van der Waals surface area contributed by atoms with Gasteiger partial charge in [0.1, 0.15) is 0 Å². The van der Waals surface area contributed by atoms with Crippen molar-refractivity contribution in [2.24, 2.45) is 0 Å². The number of rotatable bonds is 2. The maximum absolute atomic E-state index is 2.24. The van der Waals surface area contributed by atoms with Crippen molar-refractivity contribution in [1.82, 2.24) is 4.40 Å². The second-order valence-corrected chi connectivity index (χ2v) is 6.38. The number of benzene rings is 1. The molecular weight excluding hydrogens is 274 g/mol. The van der Waals surface area contributed by atoms with Crippen LogP contribution in [0.1, 0.15) is 5.56 Å². The molecule has 3 aromatic heterocycles. The van der Waals surface area contributed by atoms with E-state index in [0.29, 0.717) is 0 Å². The van der Waals surface area contributed by atoms with Gasteiger partial charge in [-0.3, -0.25) is 0 Å². The summed E-state index contributed by atoms with van der Waals surface area (Å²) in [5, 5.41) is 0. The Kier molecular flexibility index (Phi) is 2.90. The second kappa shape index (κ2) is 4.90. The van der Waals surface area contributed by atoms with Gasteiger partial charge >= 0.3 is 0 Å². The minimum absolute atomic E-state index is 1.23. The van der Waals surface area contributed by atoms with E-state index in [4.69, 9.17) is 0 Å². The third-order valence-electron chi connectivity index (χ3n) is 3.73. The monoisotopic (exact) mass is 289 g/mol. The first kappa shape index (κ1) is 12.4. The molecule has 0 saturated carbocycles. The number of hydrogen-bond acceptors (Lipinski definition) is 1. The molecule has 3 heterocycles. The van der Waals surface area contributed by atoms with Crippen molar-refractivity contribution in [2.45, 2.75) is 6.92 Å². The van der Waals surface area contributed by atoms with E-state index >= 15 is 0 Å². The Labute approximate surface area is 128 Å². The lowest BCUT2D eigenvalue weighted by Gasteiger charge is -1.97. The SMILES string of the molecule is Cc1ccc(-c2ccc(-c3cc4ccccn4c3)s2)cc1. The van der Waals surface area contributed by atoms with E-state index in [0.717, 1.165) is 0 Å². The summed E-state index contributed by atoms with van der Waals surface area (Å²) in [6.45, 7) is 2.12. The number of hydrogen-bond donors (Lipinski definition) is 0. The molecule has 0 unspecified atom stereocenters. The largest absolute Gasteiger partial charge is 0.323 e. The van der Waals surface area contributed by atoms with Crippen LogP contribution < -0.4 is 0 Å². The third-order valence-corrected chi connectivity index (χ3v) is 4.91. The van der Waals surface area contributed by atoms with Crippen molar-refractivity contribution in [3.05, 3.63) is 78.6 Å². The molecule has 0 aliphatic heterocycles. The Hall–Kier alpha value is -2.32. The van der Waals surface area contributed by atoms with E-state index in [1.54, 1.807) is 0 Å². The molecule has 0 atom stereocenters. The molecule has 4 aromatic rings. The molecule has 0 aliphatic rings. The molecule has 0 radical (unpaired) electrons. The number of aryl methyl sites for hydroxylation is 1. The summed E-state index contributed by atoms with van der Waals surface area (Å²) in [6, 6.07) is 21.7. The van der Waals surface area contributed by atoms with Crippen molar-refractivity contribution in [3.8, 4) is 20.9 Å². The van der Waals surface area contributed by atoms with Crippen LogP contribution in [0.4, 0.5) is 0 Å². The minimum Gasteiger partial charge on any atom is -0.323 e. The maximum atomic E-state index is 2.24. The zero-order chi connectivity index (χ0) is 14.2. The molecule has 0 bridgehead atoms. The summed E-state index contributed by atoms with van der Waals surface area (Å²) in [7, 11) is 0. The predicted molar refractivity (Wildman–Crippen MR) is 90.9 cm³/mol. The number of thiophene rings is 1. The lowest BCUT2D eigenvalue weighted by Crippen LogP contribution is -1.76. The predicted octanol–water partition coefficient (Wildman–Crippen LogP) is 5.64. The highest BCUT2D eigenvalue weighted by Crippen LogP contribution is 2.35. The van der Waals surface area contributed by atoms with Gasteiger partial charge in [0, 0.05) is 33.2 Å². The molecule has 102 valence electrons. The summed E-state index contributed by atoms with van der Waals surface area (Å²) < 4.78 is 2.17. The second-order valence-electron chi connectivity index (χ2n) is 5.29. The molecule has 2 heteroatoms. The van der Waals surface area contributed by atoms with E-state index in [1.165, 1.54) is 32.0 Å². The van der Waals surface area contributed by atoms with Crippen molar-refractivity contribution in [3.63, 3.8) is 0 Å². The number of nitrogens with zero attached hydrogens (tertiary/aromatic N) is 1. The summed E-state index contributed by atoms with van der Waals surface area (Å²) >= 11 is 1.85. The van der Waals surface area contributed by atoms with Crippen LogP contribution in [0.5, 0.6) is 0 Å². The Morgan fingerprint density at radius 1 is 0.810 bits per heavy atom. The van der Waals surface area contributed by atoms with E-state index in [9.17, 15) is 0 Å². The average Bonchev–Trinajstić information content (AvgIpc) is 3.14. The van der Waals surface area contributed by atoms with Gasteiger partial charge < -0.3 is 4.40 Å². The maximum Gasteiger partial charge on any atom is 0.0456 e. The quantitative estimate of drug-likeness (QED) is 0.449. The smallest absolute Gasteiger partial charge is 0.0456 e. The first-order valence-corrected chi connectivity index (χ1v) is 7.85. The van der Waals surface area contributed by atoms with E-state index in [2.05, 4.69) is 84.4 Å². The van der Waals surface area contributed by atoms with Gasteiger partial charge in [-0.2, -0.15) is 0 Å². The van der Waals surface area contributed by atoms with Crippen LogP contribution >= 0.6 is 11.3 Å². The van der Waals surface area contributed by atoms with E-state index in [-0.39, 0.29) is 0 Å². The molecule has 21 heavy (non-hydrogen) atoms. The molecule has 0 spiro atoms. The van der Waals surface area contributed by atoms with Crippen LogP contribution in [-0.2, 0) is 0 Å². The van der Waals surface area contributed by atoms with E-state index < -0.39 is 0 Å². The van der Waals surface area contributed by atoms with Gasteiger partial charge in [-0.25, -0.2) is 0 Å². The van der Waals surface area contributed by atoms with Crippen molar-refractivity contribution in [1.29, 1.82) is 0 Å². The van der Waals surface area contributed by atoms with Gasteiger partial charge in [-0.15, -0.1) is 11.3 Å². The van der Waals surface area contributed by atoms with Crippen LogP contribution in [0.25, 0.3) is 26.4 Å². The number of pyridine rings is 1. The van der Waals surface area contributed by atoms with Gasteiger partial charge in [-0.05, 0) is 42.8 Å². The first-order chi connectivity index (χ1) is 10.3. The molecule has 0 saturated heterocycles. The number of fused-ring (bicyclic) bond motifs is 1. The summed E-state index contributed by atoms with van der Waals surface area (Å²) in [5.41, 5.74) is 5.11. The fraction of sp³-hybridized carbons (Fsp3) is 0.0526. The highest BCUT2D eigenvalue weighted by atomic mass is 32.1. The Morgan fingerprint density at radius 3 is 2.33 bits per heavy atom. The fourth-order valence-corrected chi connectivity index (χ4v) is 3.55. The van der Waals surface area contributed by atoms with Crippen molar-refractivity contribution < 1.29 is 0 Å². The van der Waals surface area contributed by atoms with Gasteiger partial charge in [0.15, 0.2) is 0 Å². The lowest BCUT2D eigenvalue weighted by atomic mass is 10.1. The topological polar surface area (TPSA) is 4.41 Å².